The van der Waals surface area contributed by atoms with Crippen LogP contribution in [0.5, 0.6) is 0 Å². The third-order valence-corrected chi connectivity index (χ3v) is 8.39. The fraction of sp³-hybridized carbons (Fsp3) is 0.517. The Kier molecular flexibility index (Phi) is 8.92. The molecule has 2 aromatic carbocycles. The third kappa shape index (κ3) is 6.63. The molecular formula is C29H39Cl2N5O2. The van der Waals surface area contributed by atoms with Gasteiger partial charge < -0.3 is 15.5 Å². The van der Waals surface area contributed by atoms with Crippen LogP contribution in [0.4, 0.5) is 4.79 Å². The molecule has 1 unspecified atom stereocenters. The van der Waals surface area contributed by atoms with Crippen molar-refractivity contribution in [2.45, 2.75) is 45.8 Å². The van der Waals surface area contributed by atoms with Gasteiger partial charge in [0.1, 0.15) is 0 Å². The van der Waals surface area contributed by atoms with E-state index in [-0.39, 0.29) is 29.4 Å². The van der Waals surface area contributed by atoms with Crippen LogP contribution in [0.2, 0.25) is 10.0 Å². The second kappa shape index (κ2) is 11.8. The molecule has 206 valence electrons. The minimum Gasteiger partial charge on any atom is -0.351 e. The molecule has 2 atom stereocenters. The number of nitrogens with two attached hydrogens (primary N) is 1. The van der Waals surface area contributed by atoms with Crippen LogP contribution in [-0.2, 0) is 4.79 Å². The Bertz CT molecular complexity index is 1070. The van der Waals surface area contributed by atoms with Crippen LogP contribution < -0.4 is 5.73 Å². The minimum absolute atomic E-state index is 0.0218. The van der Waals surface area contributed by atoms with Gasteiger partial charge in [-0.05, 0) is 47.7 Å². The molecule has 2 N–H and O–H groups in total. The second-order valence-corrected chi connectivity index (χ2v) is 12.4. The first kappa shape index (κ1) is 28.7. The second-order valence-electron chi connectivity index (χ2n) is 11.6. The fourth-order valence-electron chi connectivity index (χ4n) is 5.68. The maximum Gasteiger partial charge on any atom is 0.314 e. The van der Waals surface area contributed by atoms with Gasteiger partial charge in [0.2, 0.25) is 5.91 Å². The van der Waals surface area contributed by atoms with Gasteiger partial charge >= 0.3 is 6.03 Å². The average Bonchev–Trinajstić information content (AvgIpc) is 2.87. The lowest BCUT2D eigenvalue weighted by Gasteiger charge is -2.50. The number of halogens is 2. The first-order valence-corrected chi connectivity index (χ1v) is 14.0. The molecule has 4 rings (SSSR count). The quantitative estimate of drug-likeness (QED) is 0.574. The zero-order valence-corrected chi connectivity index (χ0v) is 24.3. The van der Waals surface area contributed by atoms with Crippen LogP contribution in [0, 0.1) is 5.41 Å². The summed E-state index contributed by atoms with van der Waals surface area (Å²) in [7, 11) is 0. The number of rotatable bonds is 5. The lowest BCUT2D eigenvalue weighted by molar-refractivity contribution is -0.142. The van der Waals surface area contributed by atoms with E-state index in [1.54, 1.807) is 4.90 Å². The number of carbonyl (C=O) groups excluding carboxylic acids is 2. The molecule has 2 heterocycles. The molecule has 0 saturated carbocycles. The van der Waals surface area contributed by atoms with Gasteiger partial charge in [-0.3, -0.25) is 14.6 Å². The van der Waals surface area contributed by atoms with Crippen molar-refractivity contribution in [2.24, 2.45) is 11.1 Å². The van der Waals surface area contributed by atoms with Gasteiger partial charge in [0, 0.05) is 61.4 Å². The Morgan fingerprint density at radius 3 is 1.92 bits per heavy atom. The highest BCUT2D eigenvalue weighted by atomic mass is 35.5. The molecule has 2 saturated heterocycles. The van der Waals surface area contributed by atoms with E-state index < -0.39 is 6.03 Å². The van der Waals surface area contributed by atoms with Gasteiger partial charge in [0.05, 0.1) is 12.6 Å². The molecule has 0 aromatic heterocycles. The summed E-state index contributed by atoms with van der Waals surface area (Å²) in [4.78, 5) is 33.7. The number of piperazine rings is 2. The monoisotopic (exact) mass is 559 g/mol. The summed E-state index contributed by atoms with van der Waals surface area (Å²) in [5.74, 6) is 0.137. The largest absolute Gasteiger partial charge is 0.351 e. The predicted octanol–water partition coefficient (Wildman–Crippen LogP) is 4.73. The smallest absolute Gasteiger partial charge is 0.314 e. The van der Waals surface area contributed by atoms with Crippen LogP contribution in [0.15, 0.2) is 48.5 Å². The highest BCUT2D eigenvalue weighted by Crippen LogP contribution is 2.36. The van der Waals surface area contributed by atoms with E-state index in [4.69, 9.17) is 28.9 Å². The molecule has 38 heavy (non-hydrogen) atoms. The molecule has 2 aromatic rings. The maximum atomic E-state index is 13.7. The summed E-state index contributed by atoms with van der Waals surface area (Å²) in [6.07, 6.45) is 0. The van der Waals surface area contributed by atoms with E-state index in [1.807, 2.05) is 31.2 Å². The van der Waals surface area contributed by atoms with Crippen molar-refractivity contribution >= 4 is 35.1 Å². The van der Waals surface area contributed by atoms with Crippen LogP contribution >= 0.6 is 23.2 Å². The van der Waals surface area contributed by atoms with E-state index in [2.05, 4.69) is 59.7 Å². The van der Waals surface area contributed by atoms with Gasteiger partial charge in [-0.25, -0.2) is 4.79 Å². The number of amides is 3. The maximum absolute atomic E-state index is 13.7. The summed E-state index contributed by atoms with van der Waals surface area (Å²) in [5, 5.41) is 1.41. The van der Waals surface area contributed by atoms with Crippen molar-refractivity contribution < 1.29 is 9.59 Å². The fourth-order valence-corrected chi connectivity index (χ4v) is 5.93. The highest BCUT2D eigenvalue weighted by Gasteiger charge is 2.41. The molecule has 2 aliphatic heterocycles. The number of hydrogen-bond donors (Lipinski definition) is 1. The topological polar surface area (TPSA) is 73.1 Å². The first-order chi connectivity index (χ1) is 17.9. The number of benzene rings is 2. The van der Waals surface area contributed by atoms with Crippen LogP contribution in [0.3, 0.4) is 0 Å². The zero-order chi connectivity index (χ0) is 27.6. The van der Waals surface area contributed by atoms with Gasteiger partial charge in [-0.15, -0.1) is 0 Å². The Morgan fingerprint density at radius 1 is 0.895 bits per heavy atom. The molecule has 0 radical (unpaired) electrons. The summed E-state index contributed by atoms with van der Waals surface area (Å²) >= 11 is 12.4. The third-order valence-electron chi connectivity index (χ3n) is 7.88. The molecule has 2 aliphatic rings. The first-order valence-electron chi connectivity index (χ1n) is 13.3. The van der Waals surface area contributed by atoms with Crippen molar-refractivity contribution in [2.75, 3.05) is 45.8 Å². The summed E-state index contributed by atoms with van der Waals surface area (Å²) in [6.45, 7) is 12.9. The molecule has 0 spiro atoms. The number of nitrogens with zero attached hydrogens (tertiary/aromatic N) is 4. The van der Waals surface area contributed by atoms with Crippen molar-refractivity contribution in [1.82, 2.24) is 19.6 Å². The highest BCUT2D eigenvalue weighted by molar-refractivity contribution is 6.30. The molecule has 2 fully saturated rings. The van der Waals surface area contributed by atoms with Crippen molar-refractivity contribution in [3.8, 4) is 0 Å². The van der Waals surface area contributed by atoms with Crippen LogP contribution in [0.25, 0.3) is 0 Å². The molecule has 0 aliphatic carbocycles. The molecule has 0 bridgehead atoms. The van der Waals surface area contributed by atoms with Gasteiger partial charge in [0.15, 0.2) is 0 Å². The van der Waals surface area contributed by atoms with Gasteiger partial charge in [0.25, 0.3) is 0 Å². The average molecular weight is 561 g/mol. The normalized spacial score (nSPS) is 21.7. The summed E-state index contributed by atoms with van der Waals surface area (Å²) in [6, 6.07) is 15.8. The van der Waals surface area contributed by atoms with E-state index in [0.717, 1.165) is 24.2 Å². The lowest BCUT2D eigenvalue weighted by atomic mass is 9.83. The number of carbonyl (C=O) groups is 2. The zero-order valence-electron chi connectivity index (χ0n) is 22.7. The van der Waals surface area contributed by atoms with Crippen LogP contribution in [0.1, 0.15) is 44.9 Å². The number of urea groups is 1. The standard InChI is InChI=1S/C29H39Cl2N5O2/c1-20-17-35(28(32)38)14-13-33(20)19-26(37)36-16-15-34(18-25(36)29(2,3)4)27(21-5-9-23(30)10-6-21)22-7-11-24(31)12-8-22/h5-12,20,25,27H,13-19H2,1-4H3,(H2,32,38)/t20?,25-/m1/s1. The van der Waals surface area contributed by atoms with Crippen molar-refractivity contribution in [1.29, 1.82) is 0 Å². The Morgan fingerprint density at radius 2 is 1.45 bits per heavy atom. The minimum atomic E-state index is -0.400. The SMILES string of the molecule is CC1CN(C(N)=O)CCN1CC(=O)N1CCN(C(c2ccc(Cl)cc2)c2ccc(Cl)cc2)C[C@@H]1C(C)(C)C. The van der Waals surface area contributed by atoms with E-state index in [9.17, 15) is 9.59 Å². The number of hydrogen-bond acceptors (Lipinski definition) is 4. The Labute approximate surface area is 236 Å². The van der Waals surface area contributed by atoms with Crippen molar-refractivity contribution in [3.63, 3.8) is 0 Å². The Hall–Kier alpha value is -2.32. The molecular weight excluding hydrogens is 521 g/mol. The van der Waals surface area contributed by atoms with E-state index >= 15 is 0 Å². The van der Waals surface area contributed by atoms with Gasteiger partial charge in [-0.1, -0.05) is 68.2 Å². The van der Waals surface area contributed by atoms with Crippen molar-refractivity contribution in [3.05, 3.63) is 69.7 Å². The van der Waals surface area contributed by atoms with Crippen LogP contribution in [-0.4, -0.2) is 89.4 Å². The van der Waals surface area contributed by atoms with E-state index in [1.165, 1.54) is 0 Å². The van der Waals surface area contributed by atoms with E-state index in [0.29, 0.717) is 42.8 Å². The molecule has 9 heteroatoms. The lowest BCUT2D eigenvalue weighted by Crippen LogP contribution is -2.63. The molecule has 7 nitrogen and oxygen atoms in total. The number of primary amides is 1. The Balaban J connectivity index is 1.55. The summed E-state index contributed by atoms with van der Waals surface area (Å²) in [5.41, 5.74) is 7.67. The molecule has 3 amide bonds. The van der Waals surface area contributed by atoms with Gasteiger partial charge in [-0.2, -0.15) is 0 Å². The summed E-state index contributed by atoms with van der Waals surface area (Å²) < 4.78 is 0. The predicted molar refractivity (Wildman–Crippen MR) is 153 cm³/mol.